The lowest BCUT2D eigenvalue weighted by atomic mass is 10.0. The highest BCUT2D eigenvalue weighted by molar-refractivity contribution is 5.61. The highest BCUT2D eigenvalue weighted by Crippen LogP contribution is 2.33. The van der Waals surface area contributed by atoms with Crippen molar-refractivity contribution in [1.29, 1.82) is 0 Å². The minimum absolute atomic E-state index is 0.653. The topological polar surface area (TPSA) is 35.5 Å². The minimum atomic E-state index is -0.664. The van der Waals surface area contributed by atoms with E-state index < -0.39 is 11.8 Å². The van der Waals surface area contributed by atoms with Crippen LogP contribution >= 0.6 is 0 Å². The van der Waals surface area contributed by atoms with E-state index in [1.54, 1.807) is 0 Å². The van der Waals surface area contributed by atoms with Crippen molar-refractivity contribution in [2.24, 2.45) is 0 Å². The molecule has 0 heterocycles. The van der Waals surface area contributed by atoms with Gasteiger partial charge in [-0.3, -0.25) is 0 Å². The van der Waals surface area contributed by atoms with Crippen LogP contribution in [-0.4, -0.2) is 18.9 Å². The molecular weight excluding hydrogens is 228 g/mol. The van der Waals surface area contributed by atoms with E-state index in [-0.39, 0.29) is 0 Å². The van der Waals surface area contributed by atoms with Crippen molar-refractivity contribution >= 4 is 6.16 Å². The molecule has 1 saturated carbocycles. The molecular formula is C15H16O3. The molecule has 0 radical (unpaired) electrons. The van der Waals surface area contributed by atoms with E-state index in [9.17, 15) is 4.79 Å². The summed E-state index contributed by atoms with van der Waals surface area (Å²) >= 11 is 0. The van der Waals surface area contributed by atoms with Gasteiger partial charge in [0.2, 0.25) is 0 Å². The van der Waals surface area contributed by atoms with Crippen LogP contribution in [0.15, 0.2) is 30.3 Å². The molecule has 3 nitrogen and oxygen atoms in total. The zero-order valence-electron chi connectivity index (χ0n) is 10.4. The van der Waals surface area contributed by atoms with Gasteiger partial charge in [-0.15, -0.1) is 0 Å². The highest BCUT2D eigenvalue weighted by atomic mass is 16.7. The summed E-state index contributed by atoms with van der Waals surface area (Å²) in [5.41, 5.74) is 0.264. The summed E-state index contributed by atoms with van der Waals surface area (Å²) in [6.45, 7) is 0. The number of methoxy groups -OCH3 is 1. The molecule has 0 aromatic heterocycles. The zero-order valence-corrected chi connectivity index (χ0v) is 10.4. The summed E-state index contributed by atoms with van der Waals surface area (Å²) in [6, 6.07) is 9.70. The maximum Gasteiger partial charge on any atom is 0.509 e. The van der Waals surface area contributed by atoms with Crippen LogP contribution in [0.5, 0.6) is 0 Å². The molecule has 0 N–H and O–H groups in total. The van der Waals surface area contributed by atoms with Crippen LogP contribution in [0.3, 0.4) is 0 Å². The van der Waals surface area contributed by atoms with Gasteiger partial charge in [-0.2, -0.15) is 0 Å². The van der Waals surface area contributed by atoms with E-state index in [1.165, 1.54) is 7.11 Å². The van der Waals surface area contributed by atoms with Crippen molar-refractivity contribution in [3.63, 3.8) is 0 Å². The molecule has 0 atom stereocenters. The first-order valence-corrected chi connectivity index (χ1v) is 6.09. The van der Waals surface area contributed by atoms with Gasteiger partial charge in [-0.05, 0) is 43.7 Å². The van der Waals surface area contributed by atoms with Gasteiger partial charge in [0.15, 0.2) is 5.60 Å². The summed E-state index contributed by atoms with van der Waals surface area (Å²) in [5.74, 6) is 6.18. The molecule has 1 aliphatic rings. The van der Waals surface area contributed by atoms with Crippen molar-refractivity contribution < 1.29 is 14.3 Å². The van der Waals surface area contributed by atoms with Gasteiger partial charge in [-0.25, -0.2) is 4.79 Å². The van der Waals surface area contributed by atoms with Gasteiger partial charge >= 0.3 is 6.16 Å². The Labute approximate surface area is 107 Å². The van der Waals surface area contributed by atoms with E-state index in [4.69, 9.17) is 4.74 Å². The molecule has 3 heteroatoms. The second kappa shape index (κ2) is 5.59. The number of hydrogen-bond acceptors (Lipinski definition) is 3. The predicted octanol–water partition coefficient (Wildman–Crippen LogP) is 3.13. The maximum atomic E-state index is 11.3. The van der Waals surface area contributed by atoms with Gasteiger partial charge in [0.1, 0.15) is 0 Å². The summed E-state index contributed by atoms with van der Waals surface area (Å²) < 4.78 is 9.90. The summed E-state index contributed by atoms with van der Waals surface area (Å²) in [7, 11) is 1.32. The second-order valence-electron chi connectivity index (χ2n) is 4.37. The lowest BCUT2D eigenvalue weighted by molar-refractivity contribution is 0.00800. The largest absolute Gasteiger partial charge is 0.509 e. The fourth-order valence-corrected chi connectivity index (χ4v) is 2.11. The third kappa shape index (κ3) is 3.04. The normalized spacial score (nSPS) is 16.5. The van der Waals surface area contributed by atoms with E-state index in [2.05, 4.69) is 16.6 Å². The van der Waals surface area contributed by atoms with Crippen LogP contribution in [0.1, 0.15) is 31.2 Å². The lowest BCUT2D eigenvalue weighted by Crippen LogP contribution is -2.30. The van der Waals surface area contributed by atoms with E-state index >= 15 is 0 Å². The number of ether oxygens (including phenoxy) is 2. The van der Waals surface area contributed by atoms with Gasteiger partial charge in [0.05, 0.1) is 7.11 Å². The van der Waals surface area contributed by atoms with Crippen molar-refractivity contribution in [1.82, 2.24) is 0 Å². The maximum absolute atomic E-state index is 11.3. The number of rotatable bonds is 1. The summed E-state index contributed by atoms with van der Waals surface area (Å²) in [5, 5.41) is 0. The molecule has 1 aromatic carbocycles. The standard InChI is InChI=1S/C15H16O3/c1-17-14(16)18-15(10-5-6-11-15)12-9-13-7-3-2-4-8-13/h2-4,7-8H,5-6,10-11H2,1H3. The molecule has 1 aliphatic carbocycles. The Kier molecular flexibility index (Phi) is 3.88. The molecule has 0 saturated heterocycles. The van der Waals surface area contributed by atoms with Crippen LogP contribution in [0, 0.1) is 11.8 Å². The van der Waals surface area contributed by atoms with Crippen LogP contribution in [-0.2, 0) is 9.47 Å². The van der Waals surface area contributed by atoms with Crippen molar-refractivity contribution in [3.8, 4) is 11.8 Å². The quantitative estimate of drug-likeness (QED) is 0.562. The Morgan fingerprint density at radius 3 is 2.50 bits per heavy atom. The Balaban J connectivity index is 2.16. The predicted molar refractivity (Wildman–Crippen MR) is 68.0 cm³/mol. The number of benzene rings is 1. The fraction of sp³-hybridized carbons (Fsp3) is 0.400. The van der Waals surface area contributed by atoms with E-state index in [1.807, 2.05) is 30.3 Å². The molecule has 0 unspecified atom stereocenters. The Morgan fingerprint density at radius 2 is 1.89 bits per heavy atom. The first-order valence-electron chi connectivity index (χ1n) is 6.09. The number of carbonyl (C=O) groups is 1. The molecule has 2 rings (SSSR count). The van der Waals surface area contributed by atoms with Crippen molar-refractivity contribution in [2.45, 2.75) is 31.3 Å². The SMILES string of the molecule is COC(=O)OC1(C#Cc2ccccc2)CCCC1. The van der Waals surface area contributed by atoms with E-state index in [0.29, 0.717) is 0 Å². The molecule has 0 spiro atoms. The molecule has 18 heavy (non-hydrogen) atoms. The summed E-state index contributed by atoms with van der Waals surface area (Å²) in [4.78, 5) is 11.3. The Hall–Kier alpha value is -1.95. The van der Waals surface area contributed by atoms with Gasteiger partial charge in [0.25, 0.3) is 0 Å². The van der Waals surface area contributed by atoms with Gasteiger partial charge in [0, 0.05) is 5.56 Å². The zero-order chi connectivity index (χ0) is 12.8. The number of hydrogen-bond donors (Lipinski definition) is 0. The highest BCUT2D eigenvalue weighted by Gasteiger charge is 2.36. The third-order valence-corrected chi connectivity index (χ3v) is 3.07. The smallest absolute Gasteiger partial charge is 0.438 e. The average molecular weight is 244 g/mol. The first kappa shape index (κ1) is 12.5. The number of carbonyl (C=O) groups excluding carboxylic acids is 1. The van der Waals surface area contributed by atoms with Crippen molar-refractivity contribution in [3.05, 3.63) is 35.9 Å². The molecule has 0 aliphatic heterocycles. The van der Waals surface area contributed by atoms with Crippen LogP contribution in [0.25, 0.3) is 0 Å². The lowest BCUT2D eigenvalue weighted by Gasteiger charge is -2.21. The Morgan fingerprint density at radius 1 is 1.22 bits per heavy atom. The molecule has 0 bridgehead atoms. The first-order chi connectivity index (χ1) is 8.74. The minimum Gasteiger partial charge on any atom is -0.438 e. The molecule has 1 aromatic rings. The fourth-order valence-electron chi connectivity index (χ4n) is 2.11. The summed E-state index contributed by atoms with van der Waals surface area (Å²) in [6.07, 6.45) is 2.96. The molecule has 1 fully saturated rings. The van der Waals surface area contributed by atoms with Crippen LogP contribution in [0.2, 0.25) is 0 Å². The molecule has 0 amide bonds. The van der Waals surface area contributed by atoms with Crippen LogP contribution < -0.4 is 0 Å². The average Bonchev–Trinajstić information content (AvgIpc) is 2.86. The monoisotopic (exact) mass is 244 g/mol. The van der Waals surface area contributed by atoms with Crippen molar-refractivity contribution in [2.75, 3.05) is 7.11 Å². The van der Waals surface area contributed by atoms with Crippen LogP contribution in [0.4, 0.5) is 4.79 Å². The van der Waals surface area contributed by atoms with Gasteiger partial charge < -0.3 is 9.47 Å². The Bertz CT molecular complexity index is 462. The third-order valence-electron chi connectivity index (χ3n) is 3.07. The van der Waals surface area contributed by atoms with Gasteiger partial charge in [-0.1, -0.05) is 24.1 Å². The molecule has 94 valence electrons. The van der Waals surface area contributed by atoms with E-state index in [0.717, 1.165) is 31.2 Å². The second-order valence-corrected chi connectivity index (χ2v) is 4.37.